The Kier molecular flexibility index (Phi) is 6.68. The molecule has 0 radical (unpaired) electrons. The monoisotopic (exact) mass is 289 g/mol. The van der Waals surface area contributed by atoms with Gasteiger partial charge in [-0.1, -0.05) is 38.1 Å². The second-order valence-corrected chi connectivity index (χ2v) is 6.57. The minimum atomic E-state index is 0.621. The Bertz CT molecular complexity index is 391. The van der Waals surface area contributed by atoms with Crippen molar-refractivity contribution in [2.24, 2.45) is 0 Å². The largest absolute Gasteiger partial charge is 0.313 e. The maximum Gasteiger partial charge on any atom is 0.0205 e. The fourth-order valence-electron chi connectivity index (χ4n) is 2.75. The van der Waals surface area contributed by atoms with Crippen LogP contribution in [0.1, 0.15) is 37.3 Å². The molecule has 1 aliphatic heterocycles. The van der Waals surface area contributed by atoms with E-state index in [2.05, 4.69) is 60.3 Å². The Balaban J connectivity index is 1.57. The third kappa shape index (κ3) is 5.77. The topological polar surface area (TPSA) is 18.5 Å². The van der Waals surface area contributed by atoms with Crippen molar-refractivity contribution in [2.45, 2.75) is 32.7 Å². The molecule has 1 fully saturated rings. The van der Waals surface area contributed by atoms with Crippen LogP contribution in [0.3, 0.4) is 0 Å². The van der Waals surface area contributed by atoms with Gasteiger partial charge in [0.05, 0.1) is 0 Å². The number of likely N-dealkylation sites (N-methyl/N-ethyl adjacent to an activating group) is 1. The van der Waals surface area contributed by atoms with E-state index < -0.39 is 0 Å². The van der Waals surface area contributed by atoms with Gasteiger partial charge in [0.2, 0.25) is 0 Å². The quantitative estimate of drug-likeness (QED) is 0.778. The lowest BCUT2D eigenvalue weighted by molar-refractivity contribution is 0.153. The molecule has 1 heterocycles. The Morgan fingerprint density at radius 1 is 1.05 bits per heavy atom. The summed E-state index contributed by atoms with van der Waals surface area (Å²) >= 11 is 0. The van der Waals surface area contributed by atoms with Gasteiger partial charge in [-0.25, -0.2) is 0 Å². The molecule has 3 heteroatoms. The summed E-state index contributed by atoms with van der Waals surface area (Å²) in [5.74, 6) is 0.621. The summed E-state index contributed by atoms with van der Waals surface area (Å²) in [6, 6.07) is 9.02. The predicted octanol–water partition coefficient (Wildman–Crippen LogP) is 2.54. The van der Waals surface area contributed by atoms with Gasteiger partial charge >= 0.3 is 0 Å². The van der Waals surface area contributed by atoms with Crippen LogP contribution in [-0.2, 0) is 6.54 Å². The minimum absolute atomic E-state index is 0.621. The molecule has 0 saturated carbocycles. The molecule has 0 atom stereocenters. The zero-order valence-corrected chi connectivity index (χ0v) is 13.9. The fraction of sp³-hybridized carbons (Fsp3) is 0.667. The van der Waals surface area contributed by atoms with E-state index in [4.69, 9.17) is 0 Å². The van der Waals surface area contributed by atoms with E-state index in [1.54, 1.807) is 0 Å². The van der Waals surface area contributed by atoms with Crippen LogP contribution in [0.2, 0.25) is 0 Å². The van der Waals surface area contributed by atoms with Crippen LogP contribution < -0.4 is 5.32 Å². The number of nitrogens with one attached hydrogen (secondary N) is 1. The van der Waals surface area contributed by atoms with E-state index in [0.717, 1.165) is 13.1 Å². The molecule has 1 aromatic rings. The van der Waals surface area contributed by atoms with Crippen LogP contribution in [0.5, 0.6) is 0 Å². The van der Waals surface area contributed by atoms with E-state index >= 15 is 0 Å². The van der Waals surface area contributed by atoms with Crippen LogP contribution in [-0.4, -0.2) is 56.1 Å². The van der Waals surface area contributed by atoms with E-state index in [-0.39, 0.29) is 0 Å². The summed E-state index contributed by atoms with van der Waals surface area (Å²) in [4.78, 5) is 4.99. The number of nitrogens with zero attached hydrogens (tertiary/aromatic N) is 2. The number of hydrogen-bond acceptors (Lipinski definition) is 3. The Morgan fingerprint density at radius 3 is 2.33 bits per heavy atom. The molecular formula is C18H31N3. The first-order chi connectivity index (χ1) is 10.1. The van der Waals surface area contributed by atoms with Crippen molar-refractivity contribution >= 4 is 0 Å². The third-order valence-corrected chi connectivity index (χ3v) is 4.40. The van der Waals surface area contributed by atoms with Crippen LogP contribution in [0.15, 0.2) is 24.3 Å². The Labute approximate surface area is 130 Å². The van der Waals surface area contributed by atoms with Gasteiger partial charge in [0.1, 0.15) is 0 Å². The first-order valence-electron chi connectivity index (χ1n) is 8.35. The van der Waals surface area contributed by atoms with Crippen molar-refractivity contribution in [3.05, 3.63) is 35.4 Å². The van der Waals surface area contributed by atoms with Gasteiger partial charge in [0.25, 0.3) is 0 Å². The zero-order valence-electron chi connectivity index (χ0n) is 13.9. The molecular weight excluding hydrogens is 258 g/mol. The lowest BCUT2D eigenvalue weighted by Gasteiger charge is -2.32. The first-order valence-corrected chi connectivity index (χ1v) is 8.35. The second kappa shape index (κ2) is 8.52. The molecule has 0 bridgehead atoms. The van der Waals surface area contributed by atoms with Crippen molar-refractivity contribution in [1.82, 2.24) is 15.1 Å². The maximum absolute atomic E-state index is 3.56. The number of rotatable bonds is 7. The van der Waals surface area contributed by atoms with Gasteiger partial charge in [-0.3, -0.25) is 0 Å². The van der Waals surface area contributed by atoms with Gasteiger partial charge in [-0.05, 0) is 43.6 Å². The smallest absolute Gasteiger partial charge is 0.0205 e. The Morgan fingerprint density at radius 2 is 1.71 bits per heavy atom. The summed E-state index contributed by atoms with van der Waals surface area (Å²) in [6.45, 7) is 12.7. The summed E-state index contributed by atoms with van der Waals surface area (Å²) in [5, 5.41) is 3.56. The predicted molar refractivity (Wildman–Crippen MR) is 90.8 cm³/mol. The highest BCUT2D eigenvalue weighted by molar-refractivity contribution is 5.24. The van der Waals surface area contributed by atoms with Crippen molar-refractivity contribution in [1.29, 1.82) is 0 Å². The highest BCUT2D eigenvalue weighted by Gasteiger charge is 2.12. The van der Waals surface area contributed by atoms with Crippen molar-refractivity contribution in [2.75, 3.05) is 46.3 Å². The fourth-order valence-corrected chi connectivity index (χ4v) is 2.75. The number of piperazine rings is 1. The van der Waals surface area contributed by atoms with Gasteiger partial charge in [-0.2, -0.15) is 0 Å². The summed E-state index contributed by atoms with van der Waals surface area (Å²) in [5.41, 5.74) is 2.81. The van der Waals surface area contributed by atoms with Gasteiger partial charge in [-0.15, -0.1) is 0 Å². The molecule has 1 N–H and O–H groups in total. The molecule has 0 aromatic heterocycles. The van der Waals surface area contributed by atoms with Crippen molar-refractivity contribution < 1.29 is 0 Å². The standard InChI is InChI=1S/C18H31N3/c1-16(2)18-7-5-17(6-8-18)15-19-9-4-10-21-13-11-20(3)12-14-21/h5-8,16,19H,4,9-15H2,1-3H3. The molecule has 1 saturated heterocycles. The zero-order chi connectivity index (χ0) is 15.1. The van der Waals surface area contributed by atoms with E-state index in [9.17, 15) is 0 Å². The molecule has 1 aromatic carbocycles. The highest BCUT2D eigenvalue weighted by atomic mass is 15.2. The summed E-state index contributed by atoms with van der Waals surface area (Å²) < 4.78 is 0. The van der Waals surface area contributed by atoms with E-state index in [0.29, 0.717) is 5.92 Å². The number of hydrogen-bond donors (Lipinski definition) is 1. The minimum Gasteiger partial charge on any atom is -0.313 e. The van der Waals surface area contributed by atoms with Gasteiger partial charge in [0.15, 0.2) is 0 Å². The highest BCUT2D eigenvalue weighted by Crippen LogP contribution is 2.14. The molecule has 0 unspecified atom stereocenters. The molecule has 118 valence electrons. The SMILES string of the molecule is CC(C)c1ccc(CNCCCN2CCN(C)CC2)cc1. The second-order valence-electron chi connectivity index (χ2n) is 6.57. The number of benzene rings is 1. The normalized spacial score (nSPS) is 17.5. The van der Waals surface area contributed by atoms with E-state index in [1.807, 2.05) is 0 Å². The average Bonchev–Trinajstić information content (AvgIpc) is 2.49. The van der Waals surface area contributed by atoms with Crippen LogP contribution in [0, 0.1) is 0 Å². The first kappa shape index (κ1) is 16.5. The molecule has 0 amide bonds. The van der Waals surface area contributed by atoms with Gasteiger partial charge < -0.3 is 15.1 Å². The van der Waals surface area contributed by atoms with Crippen molar-refractivity contribution in [3.63, 3.8) is 0 Å². The van der Waals surface area contributed by atoms with Crippen LogP contribution in [0.4, 0.5) is 0 Å². The van der Waals surface area contributed by atoms with Gasteiger partial charge in [0, 0.05) is 32.7 Å². The lowest BCUT2D eigenvalue weighted by atomic mass is 10.0. The average molecular weight is 289 g/mol. The summed E-state index contributed by atoms with van der Waals surface area (Å²) in [7, 11) is 2.21. The van der Waals surface area contributed by atoms with E-state index in [1.165, 1.54) is 50.3 Å². The molecule has 0 aliphatic carbocycles. The molecule has 1 aliphatic rings. The molecule has 2 rings (SSSR count). The molecule has 3 nitrogen and oxygen atoms in total. The summed E-state index contributed by atoms with van der Waals surface area (Å²) in [6.07, 6.45) is 1.24. The molecule has 21 heavy (non-hydrogen) atoms. The molecule has 0 spiro atoms. The third-order valence-electron chi connectivity index (χ3n) is 4.40. The van der Waals surface area contributed by atoms with Crippen LogP contribution >= 0.6 is 0 Å². The maximum atomic E-state index is 3.56. The lowest BCUT2D eigenvalue weighted by Crippen LogP contribution is -2.45. The van der Waals surface area contributed by atoms with Crippen LogP contribution in [0.25, 0.3) is 0 Å². The van der Waals surface area contributed by atoms with Crippen molar-refractivity contribution in [3.8, 4) is 0 Å². The Hall–Kier alpha value is -0.900.